The molecule has 0 aliphatic rings. The van der Waals surface area contributed by atoms with Crippen molar-refractivity contribution in [3.05, 3.63) is 6.07 Å². The van der Waals surface area contributed by atoms with Crippen LogP contribution in [-0.4, -0.2) is 64.0 Å². The molecule has 22 heavy (non-hydrogen) atoms. The molecule has 0 unspecified atom stereocenters. The Morgan fingerprint density at radius 3 is 2.18 bits per heavy atom. The Kier molecular flexibility index (Phi) is 6.90. The molecule has 1 aromatic rings. The van der Waals surface area contributed by atoms with E-state index in [1.54, 1.807) is 11.9 Å². The number of thioether (sulfide) groups is 1. The number of amides is 2. The summed E-state index contributed by atoms with van der Waals surface area (Å²) >= 11 is 1.13. The second-order valence-electron chi connectivity index (χ2n) is 4.60. The van der Waals surface area contributed by atoms with Crippen molar-refractivity contribution >= 4 is 35.2 Å². The van der Waals surface area contributed by atoms with Crippen molar-refractivity contribution in [2.45, 2.75) is 19.0 Å². The Balaban J connectivity index is 2.52. The average molecular weight is 326 g/mol. The standard InChI is InChI=1S/C13H22N6O2S/c1-4-19(5-2)11(20)7-18(3)12(21)8-22-13-16-9(14)6-10(15)17-13/h6H,4-5,7-8H2,1-3H3,(H4,14,15,16,17). The Labute approximate surface area is 134 Å². The fourth-order valence-corrected chi connectivity index (χ4v) is 2.54. The van der Waals surface area contributed by atoms with E-state index in [0.717, 1.165) is 11.8 Å². The van der Waals surface area contributed by atoms with Crippen LogP contribution in [0, 0.1) is 0 Å². The maximum atomic E-state index is 12.0. The van der Waals surface area contributed by atoms with Crippen LogP contribution in [-0.2, 0) is 9.59 Å². The van der Waals surface area contributed by atoms with Crippen molar-refractivity contribution in [2.75, 3.05) is 43.9 Å². The highest BCUT2D eigenvalue weighted by Crippen LogP contribution is 2.16. The lowest BCUT2D eigenvalue weighted by Crippen LogP contribution is -2.41. The summed E-state index contributed by atoms with van der Waals surface area (Å²) in [5.41, 5.74) is 11.1. The summed E-state index contributed by atoms with van der Waals surface area (Å²) in [5, 5.41) is 0.342. The summed E-state index contributed by atoms with van der Waals surface area (Å²) < 4.78 is 0. The smallest absolute Gasteiger partial charge is 0.242 e. The first-order valence-electron chi connectivity index (χ1n) is 6.91. The van der Waals surface area contributed by atoms with Gasteiger partial charge in [0.1, 0.15) is 11.6 Å². The van der Waals surface area contributed by atoms with E-state index in [2.05, 4.69) is 9.97 Å². The van der Waals surface area contributed by atoms with Crippen LogP contribution in [0.5, 0.6) is 0 Å². The molecule has 0 bridgehead atoms. The molecule has 0 spiro atoms. The Bertz CT molecular complexity index is 515. The first kappa shape index (κ1) is 18.0. The zero-order chi connectivity index (χ0) is 16.7. The molecular formula is C13H22N6O2S. The van der Waals surface area contributed by atoms with Crippen LogP contribution in [0.4, 0.5) is 11.6 Å². The fourth-order valence-electron chi connectivity index (χ4n) is 1.73. The molecule has 0 aliphatic carbocycles. The maximum absolute atomic E-state index is 12.0. The van der Waals surface area contributed by atoms with Crippen LogP contribution in [0.1, 0.15) is 13.8 Å². The monoisotopic (exact) mass is 326 g/mol. The molecule has 2 amide bonds. The third-order valence-corrected chi connectivity index (χ3v) is 3.82. The van der Waals surface area contributed by atoms with Gasteiger partial charge in [0, 0.05) is 26.2 Å². The van der Waals surface area contributed by atoms with Crippen LogP contribution in [0.25, 0.3) is 0 Å². The lowest BCUT2D eigenvalue weighted by molar-refractivity contribution is -0.137. The van der Waals surface area contributed by atoms with Gasteiger partial charge in [-0.2, -0.15) is 0 Å². The molecule has 0 radical (unpaired) electrons. The predicted molar refractivity (Wildman–Crippen MR) is 87.1 cm³/mol. The van der Waals surface area contributed by atoms with Crippen LogP contribution in [0.2, 0.25) is 0 Å². The van der Waals surface area contributed by atoms with E-state index in [0.29, 0.717) is 18.2 Å². The molecule has 0 atom stereocenters. The van der Waals surface area contributed by atoms with Gasteiger partial charge < -0.3 is 21.3 Å². The van der Waals surface area contributed by atoms with Crippen molar-refractivity contribution in [3.63, 3.8) is 0 Å². The molecule has 0 saturated heterocycles. The normalized spacial score (nSPS) is 10.3. The van der Waals surface area contributed by atoms with E-state index in [1.807, 2.05) is 13.8 Å². The third kappa shape index (κ3) is 5.40. The van der Waals surface area contributed by atoms with Gasteiger partial charge in [0.2, 0.25) is 11.8 Å². The fraction of sp³-hybridized carbons (Fsp3) is 0.538. The van der Waals surface area contributed by atoms with Crippen LogP contribution in [0.15, 0.2) is 11.2 Å². The van der Waals surface area contributed by atoms with Crippen LogP contribution >= 0.6 is 11.8 Å². The molecule has 0 aliphatic heterocycles. The molecule has 4 N–H and O–H groups in total. The van der Waals surface area contributed by atoms with Crippen molar-refractivity contribution in [2.24, 2.45) is 0 Å². The number of likely N-dealkylation sites (N-methyl/N-ethyl adjacent to an activating group) is 2. The summed E-state index contributed by atoms with van der Waals surface area (Å²) in [7, 11) is 1.60. The van der Waals surface area contributed by atoms with Crippen molar-refractivity contribution in [3.8, 4) is 0 Å². The minimum Gasteiger partial charge on any atom is -0.383 e. The SMILES string of the molecule is CCN(CC)C(=O)CN(C)C(=O)CSc1nc(N)cc(N)n1. The quantitative estimate of drug-likeness (QED) is 0.537. The Morgan fingerprint density at radius 2 is 1.68 bits per heavy atom. The molecule has 1 aromatic heterocycles. The van der Waals surface area contributed by atoms with E-state index in [1.165, 1.54) is 11.0 Å². The first-order valence-corrected chi connectivity index (χ1v) is 7.90. The number of carbonyl (C=O) groups is 2. The number of rotatable bonds is 7. The molecule has 9 heteroatoms. The number of aromatic nitrogens is 2. The van der Waals surface area contributed by atoms with Crippen molar-refractivity contribution in [1.29, 1.82) is 0 Å². The number of anilines is 2. The third-order valence-electron chi connectivity index (χ3n) is 2.98. The zero-order valence-corrected chi connectivity index (χ0v) is 13.9. The number of nitrogens with zero attached hydrogens (tertiary/aromatic N) is 4. The number of hydrogen-bond donors (Lipinski definition) is 2. The lowest BCUT2D eigenvalue weighted by atomic mass is 10.4. The maximum Gasteiger partial charge on any atom is 0.242 e. The highest BCUT2D eigenvalue weighted by atomic mass is 32.2. The largest absolute Gasteiger partial charge is 0.383 e. The van der Waals surface area contributed by atoms with Crippen LogP contribution < -0.4 is 11.5 Å². The van der Waals surface area contributed by atoms with E-state index in [4.69, 9.17) is 11.5 Å². The number of nitrogen functional groups attached to an aromatic ring is 2. The van der Waals surface area contributed by atoms with E-state index >= 15 is 0 Å². The average Bonchev–Trinajstić information content (AvgIpc) is 2.44. The molecule has 0 saturated carbocycles. The molecule has 1 heterocycles. The summed E-state index contributed by atoms with van der Waals surface area (Å²) in [5.74, 6) is 0.371. The van der Waals surface area contributed by atoms with E-state index < -0.39 is 0 Å². The number of hydrogen-bond acceptors (Lipinski definition) is 7. The minimum atomic E-state index is -0.185. The van der Waals surface area contributed by atoms with Gasteiger partial charge in [-0.15, -0.1) is 0 Å². The lowest BCUT2D eigenvalue weighted by Gasteiger charge is -2.23. The number of carbonyl (C=O) groups excluding carboxylic acids is 2. The van der Waals surface area contributed by atoms with Gasteiger partial charge in [-0.3, -0.25) is 9.59 Å². The second-order valence-corrected chi connectivity index (χ2v) is 5.55. The predicted octanol–water partition coefficient (Wildman–Crippen LogP) is 0.0599. The summed E-state index contributed by atoms with van der Waals surface area (Å²) in [4.78, 5) is 35.0. The molecule has 0 aromatic carbocycles. The van der Waals surface area contributed by atoms with Gasteiger partial charge in [0.05, 0.1) is 12.3 Å². The van der Waals surface area contributed by atoms with Gasteiger partial charge in [-0.1, -0.05) is 11.8 Å². The van der Waals surface area contributed by atoms with Crippen molar-refractivity contribution < 1.29 is 9.59 Å². The van der Waals surface area contributed by atoms with Gasteiger partial charge in [0.15, 0.2) is 5.16 Å². The highest BCUT2D eigenvalue weighted by molar-refractivity contribution is 7.99. The topological polar surface area (TPSA) is 118 Å². The summed E-state index contributed by atoms with van der Waals surface area (Å²) in [6.07, 6.45) is 0. The summed E-state index contributed by atoms with van der Waals surface area (Å²) in [6, 6.07) is 1.45. The first-order chi connectivity index (χ1) is 10.4. The second kappa shape index (κ2) is 8.42. The van der Waals surface area contributed by atoms with Gasteiger partial charge in [-0.05, 0) is 13.8 Å². The Hall–Kier alpha value is -2.03. The van der Waals surface area contributed by atoms with Crippen molar-refractivity contribution in [1.82, 2.24) is 19.8 Å². The Morgan fingerprint density at radius 1 is 1.14 bits per heavy atom. The molecule has 122 valence electrons. The molecular weight excluding hydrogens is 304 g/mol. The molecule has 1 rings (SSSR count). The van der Waals surface area contributed by atoms with E-state index in [-0.39, 0.29) is 35.7 Å². The molecule has 0 fully saturated rings. The van der Waals surface area contributed by atoms with Gasteiger partial charge >= 0.3 is 0 Å². The molecule has 8 nitrogen and oxygen atoms in total. The minimum absolute atomic E-state index is 0.0565. The number of nitrogens with two attached hydrogens (primary N) is 2. The van der Waals surface area contributed by atoms with E-state index in [9.17, 15) is 9.59 Å². The zero-order valence-electron chi connectivity index (χ0n) is 13.1. The highest BCUT2D eigenvalue weighted by Gasteiger charge is 2.17. The summed E-state index contributed by atoms with van der Waals surface area (Å²) in [6.45, 7) is 5.12. The van der Waals surface area contributed by atoms with Gasteiger partial charge in [0.25, 0.3) is 0 Å². The van der Waals surface area contributed by atoms with Gasteiger partial charge in [-0.25, -0.2) is 9.97 Å². The van der Waals surface area contributed by atoms with Crippen LogP contribution in [0.3, 0.4) is 0 Å².